The van der Waals surface area contributed by atoms with Gasteiger partial charge in [-0.05, 0) is 36.8 Å². The maximum atomic E-state index is 13.1. The molecule has 0 N–H and O–H groups in total. The highest BCUT2D eigenvalue weighted by atomic mass is 35.5. The van der Waals surface area contributed by atoms with Crippen molar-refractivity contribution in [3.05, 3.63) is 120 Å². The van der Waals surface area contributed by atoms with E-state index in [4.69, 9.17) is 16.0 Å². The van der Waals surface area contributed by atoms with Gasteiger partial charge < -0.3 is 4.42 Å². The molecule has 0 aliphatic rings. The largest absolute Gasteiger partial charge is 0.457 e. The molecule has 32 heavy (non-hydrogen) atoms. The van der Waals surface area contributed by atoms with E-state index in [-0.39, 0.29) is 11.1 Å². The van der Waals surface area contributed by atoms with Crippen molar-refractivity contribution >= 4 is 34.0 Å². The van der Waals surface area contributed by atoms with E-state index in [2.05, 4.69) is 4.98 Å². The molecule has 3 aromatic heterocycles. The molecule has 5 rings (SSSR count). The van der Waals surface area contributed by atoms with E-state index in [0.717, 1.165) is 11.1 Å². The van der Waals surface area contributed by atoms with E-state index >= 15 is 0 Å². The van der Waals surface area contributed by atoms with Crippen molar-refractivity contribution in [2.24, 2.45) is 0 Å². The average Bonchev–Trinajstić information content (AvgIpc) is 3.37. The summed E-state index contributed by atoms with van der Waals surface area (Å²) in [6.45, 7) is 1.79. The predicted octanol–water partition coefficient (Wildman–Crippen LogP) is 4.48. The molecule has 5 nitrogen and oxygen atoms in total. The summed E-state index contributed by atoms with van der Waals surface area (Å²) < 4.78 is 7.85. The Kier molecular flexibility index (Phi) is 5.25. The van der Waals surface area contributed by atoms with Crippen LogP contribution in [0.5, 0.6) is 0 Å². The fourth-order valence-corrected chi connectivity index (χ4v) is 4.88. The van der Waals surface area contributed by atoms with Gasteiger partial charge in [0.15, 0.2) is 0 Å². The molecule has 5 aromatic rings. The number of fused-ring (bicyclic) bond motifs is 1. The highest BCUT2D eigenvalue weighted by Gasteiger charge is 2.15. The zero-order valence-corrected chi connectivity index (χ0v) is 18.6. The number of aromatic nitrogens is 2. The van der Waals surface area contributed by atoms with Crippen LogP contribution in [0.2, 0.25) is 5.02 Å². The van der Waals surface area contributed by atoms with Crippen LogP contribution in [0.4, 0.5) is 0 Å². The molecule has 0 radical (unpaired) electrons. The van der Waals surface area contributed by atoms with Crippen LogP contribution in [-0.2, 0) is 6.42 Å². The highest BCUT2D eigenvalue weighted by Crippen LogP contribution is 2.29. The van der Waals surface area contributed by atoms with Gasteiger partial charge in [0.1, 0.15) is 16.1 Å². The van der Waals surface area contributed by atoms with Gasteiger partial charge in [-0.15, -0.1) is 0 Å². The number of rotatable bonds is 4. The summed E-state index contributed by atoms with van der Waals surface area (Å²) in [5.74, 6) is 1.14. The lowest BCUT2D eigenvalue weighted by atomic mass is 10.1. The first-order chi connectivity index (χ1) is 15.5. The molecule has 0 spiro atoms. The first kappa shape index (κ1) is 20.4. The molecule has 3 heterocycles. The second-order valence-corrected chi connectivity index (χ2v) is 8.78. The second-order valence-electron chi connectivity index (χ2n) is 7.36. The standard InChI is InChI=1S/C25H17ClN2O3S/c1-15-19(13-16-7-3-2-4-8-16)23(29)27-25-28(15)24(30)22(32-25)14-17-11-12-21(31-17)18-9-5-6-10-20(18)26/h2-12,14H,13H2,1H3. The van der Waals surface area contributed by atoms with Crippen LogP contribution in [0.3, 0.4) is 0 Å². The summed E-state index contributed by atoms with van der Waals surface area (Å²) in [4.78, 5) is 30.4. The Morgan fingerprint density at radius 3 is 2.56 bits per heavy atom. The molecule has 0 saturated heterocycles. The van der Waals surface area contributed by atoms with Gasteiger partial charge in [-0.25, -0.2) is 0 Å². The van der Waals surface area contributed by atoms with Gasteiger partial charge in [0.2, 0.25) is 4.96 Å². The van der Waals surface area contributed by atoms with Gasteiger partial charge in [-0.1, -0.05) is 65.4 Å². The third-order valence-corrected chi connectivity index (χ3v) is 6.60. The van der Waals surface area contributed by atoms with Crippen LogP contribution in [0.15, 0.2) is 80.7 Å². The van der Waals surface area contributed by atoms with Gasteiger partial charge in [0.05, 0.1) is 5.02 Å². The molecule has 0 fully saturated rings. The van der Waals surface area contributed by atoms with Crippen LogP contribution in [0.25, 0.3) is 22.4 Å². The van der Waals surface area contributed by atoms with Gasteiger partial charge in [-0.2, -0.15) is 4.98 Å². The van der Waals surface area contributed by atoms with Gasteiger partial charge in [-0.3, -0.25) is 14.0 Å². The average molecular weight is 461 g/mol. The number of thiazole rings is 1. The van der Waals surface area contributed by atoms with Crippen molar-refractivity contribution in [1.29, 1.82) is 0 Å². The number of nitrogens with zero attached hydrogens (tertiary/aromatic N) is 2. The van der Waals surface area contributed by atoms with Crippen molar-refractivity contribution in [3.63, 3.8) is 0 Å². The van der Waals surface area contributed by atoms with Crippen LogP contribution < -0.4 is 15.7 Å². The molecule has 0 saturated carbocycles. The molecule has 158 valence electrons. The lowest BCUT2D eigenvalue weighted by molar-refractivity contribution is 0.571. The minimum Gasteiger partial charge on any atom is -0.457 e. The monoisotopic (exact) mass is 460 g/mol. The summed E-state index contributed by atoms with van der Waals surface area (Å²) in [6.07, 6.45) is 2.10. The minimum atomic E-state index is -0.307. The molecular formula is C25H17ClN2O3S. The zero-order chi connectivity index (χ0) is 22.2. The molecular weight excluding hydrogens is 444 g/mol. The first-order valence-corrected chi connectivity index (χ1v) is 11.2. The Balaban J connectivity index is 1.59. The third kappa shape index (κ3) is 3.68. The van der Waals surface area contributed by atoms with Crippen LogP contribution in [0.1, 0.15) is 22.6 Å². The normalized spacial score (nSPS) is 12.0. The fraction of sp³-hybridized carbons (Fsp3) is 0.0800. The molecule has 7 heteroatoms. The van der Waals surface area contributed by atoms with Crippen LogP contribution in [-0.4, -0.2) is 9.38 Å². The topological polar surface area (TPSA) is 64.6 Å². The number of furan rings is 1. The van der Waals surface area contributed by atoms with Crippen molar-refractivity contribution in [2.45, 2.75) is 13.3 Å². The second kappa shape index (κ2) is 8.22. The number of hydrogen-bond donors (Lipinski definition) is 0. The SMILES string of the molecule is Cc1c(Cc2ccccc2)c(=O)nc2sc(=Cc3ccc(-c4ccccc4Cl)o3)c(=O)n12. The van der Waals surface area contributed by atoms with Crippen LogP contribution in [0, 0.1) is 6.92 Å². The molecule has 2 aromatic carbocycles. The molecule has 0 bridgehead atoms. The van der Waals surface area contributed by atoms with Crippen molar-refractivity contribution in [1.82, 2.24) is 9.38 Å². The van der Waals surface area contributed by atoms with Crippen molar-refractivity contribution in [3.8, 4) is 11.3 Å². The maximum Gasteiger partial charge on any atom is 0.277 e. The Labute approximate surface area is 191 Å². The zero-order valence-electron chi connectivity index (χ0n) is 17.0. The summed E-state index contributed by atoms with van der Waals surface area (Å²) in [5, 5.41) is 0.587. The molecule has 0 unspecified atom stereocenters. The predicted molar refractivity (Wildman–Crippen MR) is 128 cm³/mol. The molecule has 0 aliphatic heterocycles. The summed E-state index contributed by atoms with van der Waals surface area (Å²) in [6, 6.07) is 20.7. The molecule has 0 amide bonds. The van der Waals surface area contributed by atoms with Crippen LogP contribution >= 0.6 is 22.9 Å². The lowest BCUT2D eigenvalue weighted by Gasteiger charge is -2.06. The first-order valence-electron chi connectivity index (χ1n) is 9.96. The Bertz CT molecular complexity index is 1620. The van der Waals surface area contributed by atoms with Gasteiger partial charge in [0.25, 0.3) is 11.1 Å². The maximum absolute atomic E-state index is 13.1. The minimum absolute atomic E-state index is 0.222. The number of hydrogen-bond acceptors (Lipinski definition) is 5. The van der Waals surface area contributed by atoms with Gasteiger partial charge in [0, 0.05) is 29.3 Å². The summed E-state index contributed by atoms with van der Waals surface area (Å²) in [7, 11) is 0. The van der Waals surface area contributed by atoms with E-state index in [9.17, 15) is 9.59 Å². The number of benzene rings is 2. The van der Waals surface area contributed by atoms with E-state index in [1.807, 2.05) is 54.6 Å². The summed E-state index contributed by atoms with van der Waals surface area (Å²) in [5.41, 5.74) is 2.38. The van der Waals surface area contributed by atoms with E-state index in [1.54, 1.807) is 25.1 Å². The van der Waals surface area contributed by atoms with Gasteiger partial charge >= 0.3 is 0 Å². The van der Waals surface area contributed by atoms with Crippen molar-refractivity contribution < 1.29 is 4.42 Å². The van der Waals surface area contributed by atoms with E-state index in [0.29, 0.717) is 43.7 Å². The van der Waals surface area contributed by atoms with E-state index < -0.39 is 0 Å². The lowest BCUT2D eigenvalue weighted by Crippen LogP contribution is -2.27. The quantitative estimate of drug-likeness (QED) is 0.397. The van der Waals surface area contributed by atoms with E-state index in [1.165, 1.54) is 15.7 Å². The van der Waals surface area contributed by atoms with Crippen molar-refractivity contribution in [2.75, 3.05) is 0 Å². The Morgan fingerprint density at radius 1 is 1.03 bits per heavy atom. The summed E-state index contributed by atoms with van der Waals surface area (Å²) >= 11 is 7.42. The molecule has 0 atom stereocenters. The molecule has 0 aliphatic carbocycles. The highest BCUT2D eigenvalue weighted by molar-refractivity contribution is 7.15. The third-order valence-electron chi connectivity index (χ3n) is 5.30. The fourth-order valence-electron chi connectivity index (χ4n) is 3.66. The number of halogens is 1. The smallest absolute Gasteiger partial charge is 0.277 e. The Hall–Kier alpha value is -3.48. The number of aryl methyl sites for hydroxylation is 1. The Morgan fingerprint density at radius 2 is 1.78 bits per heavy atom.